The Morgan fingerprint density at radius 3 is 1.63 bits per heavy atom. The number of fused-ring (bicyclic) bond motifs is 12. The number of benzene rings is 10. The van der Waals surface area contributed by atoms with E-state index in [-0.39, 0.29) is 6.04 Å². The van der Waals surface area contributed by atoms with Crippen LogP contribution in [0.15, 0.2) is 231 Å². The predicted molar refractivity (Wildman–Crippen MR) is 271 cm³/mol. The SMILES string of the molecule is C1=CC2c3ccccc3N(c3ccccc3-c3ccc(N(c4ccc(-c5cccc6sc7ccccc7c56)cc4)c4ccc5c6ccccc6c6ccccc6c5c4)cc3)C2C=C1. The van der Waals surface area contributed by atoms with Crippen molar-refractivity contribution in [1.82, 2.24) is 0 Å². The fraction of sp³-hybridized carbons (Fsp3) is 0.0333. The Bertz CT molecular complexity index is 3620. The zero-order chi connectivity index (χ0) is 41.4. The van der Waals surface area contributed by atoms with E-state index in [4.69, 9.17) is 0 Å². The van der Waals surface area contributed by atoms with Gasteiger partial charge in [0.1, 0.15) is 0 Å². The first-order valence-electron chi connectivity index (χ1n) is 21.8. The molecule has 2 heterocycles. The largest absolute Gasteiger partial charge is 0.333 e. The normalized spacial score (nSPS) is 15.5. The van der Waals surface area contributed by atoms with Gasteiger partial charge in [-0.2, -0.15) is 0 Å². The van der Waals surface area contributed by atoms with Gasteiger partial charge in [-0.05, 0) is 115 Å². The third-order valence-corrected chi connectivity index (χ3v) is 14.5. The summed E-state index contributed by atoms with van der Waals surface area (Å²) in [7, 11) is 0. The van der Waals surface area contributed by atoms with Gasteiger partial charge in [0, 0.05) is 60.1 Å². The Labute approximate surface area is 370 Å². The highest BCUT2D eigenvalue weighted by molar-refractivity contribution is 7.25. The molecule has 0 fully saturated rings. The molecular formula is C60H40N2S. The third kappa shape index (κ3) is 5.70. The summed E-state index contributed by atoms with van der Waals surface area (Å²) in [4.78, 5) is 4.96. The molecule has 0 radical (unpaired) electrons. The van der Waals surface area contributed by atoms with Crippen molar-refractivity contribution in [3.05, 3.63) is 236 Å². The minimum atomic E-state index is 0.234. The second kappa shape index (κ2) is 14.4. The van der Waals surface area contributed by atoms with Crippen LogP contribution in [0, 0.1) is 0 Å². The van der Waals surface area contributed by atoms with Crippen molar-refractivity contribution in [3.63, 3.8) is 0 Å². The van der Waals surface area contributed by atoms with E-state index in [2.05, 4.69) is 240 Å². The molecule has 296 valence electrons. The van der Waals surface area contributed by atoms with Gasteiger partial charge in [-0.25, -0.2) is 0 Å². The Morgan fingerprint density at radius 1 is 0.381 bits per heavy atom. The Morgan fingerprint density at radius 2 is 0.905 bits per heavy atom. The highest BCUT2D eigenvalue weighted by atomic mass is 32.1. The third-order valence-electron chi connectivity index (χ3n) is 13.4. The second-order valence-corrected chi connectivity index (χ2v) is 17.8. The Balaban J connectivity index is 0.953. The summed E-state index contributed by atoms with van der Waals surface area (Å²) in [5, 5.41) is 10.3. The van der Waals surface area contributed by atoms with Crippen molar-refractivity contribution in [2.24, 2.45) is 0 Å². The van der Waals surface area contributed by atoms with Gasteiger partial charge in [-0.3, -0.25) is 0 Å². The molecule has 1 aliphatic heterocycles. The minimum absolute atomic E-state index is 0.234. The summed E-state index contributed by atoms with van der Waals surface area (Å²) in [5.41, 5.74) is 12.1. The van der Waals surface area contributed by atoms with Crippen LogP contribution in [0.3, 0.4) is 0 Å². The lowest BCUT2D eigenvalue weighted by Crippen LogP contribution is -2.28. The molecule has 3 heteroatoms. The van der Waals surface area contributed by atoms with Crippen LogP contribution in [-0.2, 0) is 0 Å². The van der Waals surface area contributed by atoms with E-state index in [0.29, 0.717) is 5.92 Å². The van der Waals surface area contributed by atoms with E-state index in [1.54, 1.807) is 0 Å². The van der Waals surface area contributed by atoms with Crippen LogP contribution in [0.25, 0.3) is 74.7 Å². The second-order valence-electron chi connectivity index (χ2n) is 16.8. The summed E-state index contributed by atoms with van der Waals surface area (Å²) in [6, 6.07) is 76.6. The monoisotopic (exact) mass is 820 g/mol. The number of hydrogen-bond donors (Lipinski definition) is 0. The lowest BCUT2D eigenvalue weighted by molar-refractivity contribution is 0.745. The van der Waals surface area contributed by atoms with Gasteiger partial charge in [0.15, 0.2) is 0 Å². The van der Waals surface area contributed by atoms with Gasteiger partial charge in [0.25, 0.3) is 0 Å². The molecule has 0 saturated heterocycles. The number of allylic oxidation sites excluding steroid dienone is 2. The molecule has 1 aromatic heterocycles. The molecule has 2 atom stereocenters. The topological polar surface area (TPSA) is 6.48 Å². The average Bonchev–Trinajstić information content (AvgIpc) is 3.91. The number of nitrogens with zero attached hydrogens (tertiary/aromatic N) is 2. The summed E-state index contributed by atoms with van der Waals surface area (Å²) < 4.78 is 2.64. The van der Waals surface area contributed by atoms with Crippen LogP contribution in [0.1, 0.15) is 11.5 Å². The maximum absolute atomic E-state index is 2.54. The van der Waals surface area contributed by atoms with Crippen LogP contribution < -0.4 is 9.80 Å². The molecule has 63 heavy (non-hydrogen) atoms. The van der Waals surface area contributed by atoms with Crippen molar-refractivity contribution in [3.8, 4) is 22.3 Å². The quantitative estimate of drug-likeness (QED) is 0.154. The highest BCUT2D eigenvalue weighted by Gasteiger charge is 2.37. The van der Waals surface area contributed by atoms with Gasteiger partial charge in [0.2, 0.25) is 0 Å². The van der Waals surface area contributed by atoms with Crippen molar-refractivity contribution >= 4 is 92.3 Å². The fourth-order valence-electron chi connectivity index (χ4n) is 10.6. The molecule has 0 N–H and O–H groups in total. The standard InChI is InChI=1S/C60H40N2S/c1-2-17-48-46(15-1)47-16-3-4-18-49(47)54-38-43(36-37-50(48)54)61(42-34-30-40(31-35-42)45-22-13-27-59-60(45)53-21-8-12-26-58(53)63-59)41-32-28-39(29-33-41)44-14-5-9-23-55(44)62-56-24-10-6-19-51(56)52-20-7-11-25-57(52)62/h1-38,51,56H. The zero-order valence-electron chi connectivity index (χ0n) is 34.4. The van der Waals surface area contributed by atoms with Gasteiger partial charge in [-0.1, -0.05) is 170 Å². The van der Waals surface area contributed by atoms with Gasteiger partial charge >= 0.3 is 0 Å². The number of anilines is 5. The number of para-hydroxylation sites is 2. The molecule has 11 aromatic rings. The van der Waals surface area contributed by atoms with E-state index < -0.39 is 0 Å². The summed E-state index contributed by atoms with van der Waals surface area (Å²) in [5.74, 6) is 0.330. The molecule has 0 bridgehead atoms. The van der Waals surface area contributed by atoms with E-state index in [1.165, 1.54) is 91.7 Å². The van der Waals surface area contributed by atoms with Crippen LogP contribution in [-0.4, -0.2) is 6.04 Å². The number of hydrogen-bond acceptors (Lipinski definition) is 3. The first kappa shape index (κ1) is 36.0. The van der Waals surface area contributed by atoms with Gasteiger partial charge in [0.05, 0.1) is 6.04 Å². The van der Waals surface area contributed by atoms with E-state index in [9.17, 15) is 0 Å². The fourth-order valence-corrected chi connectivity index (χ4v) is 11.7. The molecule has 2 unspecified atom stereocenters. The first-order chi connectivity index (χ1) is 31.3. The average molecular weight is 821 g/mol. The molecule has 1 aliphatic carbocycles. The summed E-state index contributed by atoms with van der Waals surface area (Å²) >= 11 is 1.87. The molecule has 0 saturated carbocycles. The van der Waals surface area contributed by atoms with Crippen LogP contribution in [0.5, 0.6) is 0 Å². The van der Waals surface area contributed by atoms with Crippen LogP contribution in [0.2, 0.25) is 0 Å². The molecule has 10 aromatic carbocycles. The molecular weight excluding hydrogens is 781 g/mol. The Hall–Kier alpha value is -7.72. The molecule has 0 spiro atoms. The van der Waals surface area contributed by atoms with Crippen molar-refractivity contribution in [2.75, 3.05) is 9.80 Å². The first-order valence-corrected chi connectivity index (χ1v) is 22.7. The van der Waals surface area contributed by atoms with Crippen LogP contribution >= 0.6 is 11.3 Å². The number of rotatable bonds is 6. The molecule has 2 aliphatic rings. The van der Waals surface area contributed by atoms with Crippen molar-refractivity contribution in [2.45, 2.75) is 12.0 Å². The predicted octanol–water partition coefficient (Wildman–Crippen LogP) is 17.0. The Kier molecular flexibility index (Phi) is 8.25. The van der Waals surface area contributed by atoms with Crippen molar-refractivity contribution in [1.29, 1.82) is 0 Å². The number of thiophene rings is 1. The lowest BCUT2D eigenvalue weighted by atomic mass is 9.91. The van der Waals surface area contributed by atoms with Gasteiger partial charge in [-0.15, -0.1) is 11.3 Å². The molecule has 0 amide bonds. The minimum Gasteiger partial charge on any atom is -0.333 e. The summed E-state index contributed by atoms with van der Waals surface area (Å²) in [6.45, 7) is 0. The molecule has 2 nitrogen and oxygen atoms in total. The molecule has 13 rings (SSSR count). The summed E-state index contributed by atoms with van der Waals surface area (Å²) in [6.07, 6.45) is 9.09. The maximum atomic E-state index is 2.54. The lowest BCUT2D eigenvalue weighted by Gasteiger charge is -2.31. The van der Waals surface area contributed by atoms with Crippen LogP contribution in [0.4, 0.5) is 28.4 Å². The van der Waals surface area contributed by atoms with Crippen molar-refractivity contribution < 1.29 is 0 Å². The van der Waals surface area contributed by atoms with E-state index >= 15 is 0 Å². The highest BCUT2D eigenvalue weighted by Crippen LogP contribution is 2.50. The van der Waals surface area contributed by atoms with Gasteiger partial charge < -0.3 is 9.80 Å². The van der Waals surface area contributed by atoms with E-state index in [0.717, 1.165) is 17.1 Å². The van der Waals surface area contributed by atoms with E-state index in [1.807, 2.05) is 11.3 Å². The smallest absolute Gasteiger partial charge is 0.0629 e. The maximum Gasteiger partial charge on any atom is 0.0629 e. The zero-order valence-corrected chi connectivity index (χ0v) is 35.2.